The van der Waals surface area contributed by atoms with Crippen molar-refractivity contribution >= 4 is 11.8 Å². The summed E-state index contributed by atoms with van der Waals surface area (Å²) in [7, 11) is 0. The number of nitrogens with two attached hydrogens (primary N) is 1. The van der Waals surface area contributed by atoms with Crippen molar-refractivity contribution in [2.45, 2.75) is 13.0 Å². The van der Waals surface area contributed by atoms with E-state index in [1.54, 1.807) is 18.3 Å². The van der Waals surface area contributed by atoms with Crippen LogP contribution >= 0.6 is 0 Å². The number of nitrogen functional groups attached to an aromatic ring is 1. The number of benzene rings is 1. The van der Waals surface area contributed by atoms with Crippen LogP contribution in [0.1, 0.15) is 18.5 Å². The van der Waals surface area contributed by atoms with Crippen LogP contribution in [0.25, 0.3) is 0 Å². The van der Waals surface area contributed by atoms with Gasteiger partial charge in [-0.25, -0.2) is 9.37 Å². The van der Waals surface area contributed by atoms with Gasteiger partial charge in [0.25, 0.3) is 0 Å². The maximum Gasteiger partial charge on any atom is 0.221 e. The summed E-state index contributed by atoms with van der Waals surface area (Å²) in [4.78, 5) is 7.82. The highest BCUT2D eigenvalue weighted by atomic mass is 19.1. The minimum atomic E-state index is -0.252. The highest BCUT2D eigenvalue weighted by molar-refractivity contribution is 5.40. The number of hydrogen-bond acceptors (Lipinski definition) is 4. The largest absolute Gasteiger partial charge is 0.368 e. The zero-order chi connectivity index (χ0) is 12.3. The second-order valence-corrected chi connectivity index (χ2v) is 3.72. The summed E-state index contributed by atoms with van der Waals surface area (Å²) in [5.41, 5.74) is 6.32. The van der Waals surface area contributed by atoms with E-state index in [2.05, 4.69) is 15.3 Å². The van der Waals surface area contributed by atoms with Crippen molar-refractivity contribution < 1.29 is 4.39 Å². The molecule has 0 saturated heterocycles. The van der Waals surface area contributed by atoms with Crippen molar-refractivity contribution in [2.24, 2.45) is 0 Å². The third-order valence-corrected chi connectivity index (χ3v) is 2.39. The predicted octanol–water partition coefficient (Wildman–Crippen LogP) is 2.37. The Morgan fingerprint density at radius 2 is 2.18 bits per heavy atom. The lowest BCUT2D eigenvalue weighted by Crippen LogP contribution is -2.09. The fourth-order valence-corrected chi connectivity index (χ4v) is 1.54. The van der Waals surface area contributed by atoms with Crippen LogP contribution in [0.15, 0.2) is 36.5 Å². The molecule has 17 heavy (non-hydrogen) atoms. The van der Waals surface area contributed by atoms with Crippen molar-refractivity contribution in [1.82, 2.24) is 9.97 Å². The normalized spacial score (nSPS) is 12.1. The average Bonchev–Trinajstić information content (AvgIpc) is 2.29. The molecule has 4 nitrogen and oxygen atoms in total. The number of rotatable bonds is 3. The quantitative estimate of drug-likeness (QED) is 0.852. The van der Waals surface area contributed by atoms with Crippen LogP contribution < -0.4 is 11.1 Å². The summed E-state index contributed by atoms with van der Waals surface area (Å²) in [5, 5.41) is 3.13. The summed E-state index contributed by atoms with van der Waals surface area (Å²) in [5.74, 6) is 0.578. The van der Waals surface area contributed by atoms with Crippen LogP contribution in [0, 0.1) is 5.82 Å². The van der Waals surface area contributed by atoms with Crippen LogP contribution in [-0.4, -0.2) is 9.97 Å². The summed E-state index contributed by atoms with van der Waals surface area (Å²) >= 11 is 0. The van der Waals surface area contributed by atoms with Crippen LogP contribution in [0.2, 0.25) is 0 Å². The second-order valence-electron chi connectivity index (χ2n) is 3.72. The Hall–Kier alpha value is -2.17. The molecule has 1 aromatic heterocycles. The van der Waals surface area contributed by atoms with Gasteiger partial charge in [0.15, 0.2) is 0 Å². The first-order chi connectivity index (χ1) is 8.15. The molecule has 0 saturated carbocycles. The molecule has 2 rings (SSSR count). The van der Waals surface area contributed by atoms with Crippen molar-refractivity contribution in [1.29, 1.82) is 0 Å². The molecule has 0 spiro atoms. The first-order valence-electron chi connectivity index (χ1n) is 5.25. The Labute approximate surface area is 98.7 Å². The molecule has 3 N–H and O–H groups in total. The molecule has 0 amide bonds. The van der Waals surface area contributed by atoms with E-state index in [9.17, 15) is 4.39 Å². The zero-order valence-electron chi connectivity index (χ0n) is 9.39. The molecular weight excluding hydrogens is 219 g/mol. The lowest BCUT2D eigenvalue weighted by molar-refractivity contribution is 0.623. The monoisotopic (exact) mass is 232 g/mol. The van der Waals surface area contributed by atoms with Crippen LogP contribution in [0.5, 0.6) is 0 Å². The van der Waals surface area contributed by atoms with Gasteiger partial charge >= 0.3 is 0 Å². The molecule has 1 aromatic carbocycles. The fourth-order valence-electron chi connectivity index (χ4n) is 1.54. The minimum Gasteiger partial charge on any atom is -0.368 e. The number of nitrogens with one attached hydrogen (secondary N) is 1. The van der Waals surface area contributed by atoms with E-state index >= 15 is 0 Å². The van der Waals surface area contributed by atoms with Gasteiger partial charge in [-0.3, -0.25) is 0 Å². The minimum absolute atomic E-state index is 0.0556. The smallest absolute Gasteiger partial charge is 0.221 e. The van der Waals surface area contributed by atoms with Crippen LogP contribution in [0.4, 0.5) is 16.2 Å². The first-order valence-corrected chi connectivity index (χ1v) is 5.25. The zero-order valence-corrected chi connectivity index (χ0v) is 9.39. The highest BCUT2D eigenvalue weighted by Crippen LogP contribution is 2.18. The molecular formula is C12H13FN4. The number of aromatic nitrogens is 2. The molecule has 1 heterocycles. The summed E-state index contributed by atoms with van der Waals surface area (Å²) in [6.45, 7) is 1.92. The molecule has 0 aliphatic heterocycles. The van der Waals surface area contributed by atoms with Gasteiger partial charge in [-0.05, 0) is 30.7 Å². The Kier molecular flexibility index (Phi) is 3.18. The Morgan fingerprint density at radius 1 is 1.35 bits per heavy atom. The number of nitrogens with zero attached hydrogens (tertiary/aromatic N) is 2. The van der Waals surface area contributed by atoms with Crippen molar-refractivity contribution in [3.05, 3.63) is 47.9 Å². The predicted molar refractivity (Wildman–Crippen MR) is 64.9 cm³/mol. The number of halogens is 1. The van der Waals surface area contributed by atoms with Crippen LogP contribution in [-0.2, 0) is 0 Å². The molecule has 1 unspecified atom stereocenters. The van der Waals surface area contributed by atoms with Crippen molar-refractivity contribution in [2.75, 3.05) is 11.1 Å². The first kappa shape index (κ1) is 11.3. The van der Waals surface area contributed by atoms with Crippen molar-refractivity contribution in [3.63, 3.8) is 0 Å². The van der Waals surface area contributed by atoms with E-state index in [1.807, 2.05) is 13.0 Å². The molecule has 5 heteroatoms. The van der Waals surface area contributed by atoms with Crippen LogP contribution in [0.3, 0.4) is 0 Å². The summed E-state index contributed by atoms with van der Waals surface area (Å²) in [6, 6.07) is 8.09. The molecule has 0 fully saturated rings. The standard InChI is InChI=1S/C12H13FN4/c1-8(9-3-2-4-10(13)7-9)16-11-5-6-15-12(14)17-11/h2-8H,1H3,(H3,14,15,16,17). The topological polar surface area (TPSA) is 63.8 Å². The number of anilines is 2. The molecule has 88 valence electrons. The van der Waals surface area contributed by atoms with Crippen molar-refractivity contribution in [3.8, 4) is 0 Å². The van der Waals surface area contributed by atoms with Gasteiger partial charge < -0.3 is 11.1 Å². The second kappa shape index (κ2) is 4.78. The maximum atomic E-state index is 13.1. The maximum absolute atomic E-state index is 13.1. The van der Waals surface area contributed by atoms with E-state index in [0.29, 0.717) is 5.82 Å². The van der Waals surface area contributed by atoms with Gasteiger partial charge in [-0.1, -0.05) is 12.1 Å². The molecule has 2 aromatic rings. The number of hydrogen-bond donors (Lipinski definition) is 2. The summed E-state index contributed by atoms with van der Waals surface area (Å²) < 4.78 is 13.1. The molecule has 0 radical (unpaired) electrons. The third-order valence-electron chi connectivity index (χ3n) is 2.39. The van der Waals surface area contributed by atoms with Gasteiger partial charge in [-0.15, -0.1) is 0 Å². The van der Waals surface area contributed by atoms with E-state index in [4.69, 9.17) is 5.73 Å². The van der Waals surface area contributed by atoms with Gasteiger partial charge in [0.05, 0.1) is 6.04 Å². The Bertz CT molecular complexity index is 515. The molecule has 0 aliphatic carbocycles. The SMILES string of the molecule is CC(Nc1ccnc(N)n1)c1cccc(F)c1. The third kappa shape index (κ3) is 2.90. The molecule has 0 bridgehead atoms. The van der Waals surface area contributed by atoms with E-state index < -0.39 is 0 Å². The van der Waals surface area contributed by atoms with Gasteiger partial charge in [0, 0.05) is 6.20 Å². The lowest BCUT2D eigenvalue weighted by atomic mass is 10.1. The highest BCUT2D eigenvalue weighted by Gasteiger charge is 2.06. The fraction of sp³-hybridized carbons (Fsp3) is 0.167. The lowest BCUT2D eigenvalue weighted by Gasteiger charge is -2.14. The van der Waals surface area contributed by atoms with E-state index in [1.165, 1.54) is 12.1 Å². The van der Waals surface area contributed by atoms with Gasteiger partial charge in [-0.2, -0.15) is 4.98 Å². The average molecular weight is 232 g/mol. The van der Waals surface area contributed by atoms with E-state index in [-0.39, 0.29) is 17.8 Å². The summed E-state index contributed by atoms with van der Waals surface area (Å²) in [6.07, 6.45) is 1.57. The van der Waals surface area contributed by atoms with Gasteiger partial charge in [0.2, 0.25) is 5.95 Å². The van der Waals surface area contributed by atoms with Gasteiger partial charge in [0.1, 0.15) is 11.6 Å². The Morgan fingerprint density at radius 3 is 2.88 bits per heavy atom. The molecule has 1 atom stereocenters. The molecule has 0 aliphatic rings. The van der Waals surface area contributed by atoms with E-state index in [0.717, 1.165) is 5.56 Å². The Balaban J connectivity index is 2.14.